The highest BCUT2D eigenvalue weighted by Crippen LogP contribution is 2.31. The maximum absolute atomic E-state index is 12.9. The van der Waals surface area contributed by atoms with Crippen LogP contribution < -0.4 is 9.47 Å². The van der Waals surface area contributed by atoms with Crippen LogP contribution in [0.15, 0.2) is 72.3 Å². The van der Waals surface area contributed by atoms with E-state index in [1.54, 1.807) is 24.3 Å². The van der Waals surface area contributed by atoms with E-state index in [9.17, 15) is 23.1 Å². The van der Waals surface area contributed by atoms with Crippen LogP contribution >= 0.6 is 0 Å². The van der Waals surface area contributed by atoms with E-state index in [0.717, 1.165) is 49.8 Å². The number of hydrogen-bond donors (Lipinski definition) is 1. The zero-order chi connectivity index (χ0) is 28.3. The molecule has 0 heterocycles. The summed E-state index contributed by atoms with van der Waals surface area (Å²) in [6.07, 6.45) is 2.49. The minimum Gasteiger partial charge on any atom is -0.489 e. The lowest BCUT2D eigenvalue weighted by Crippen LogP contribution is -2.05. The Kier molecular flexibility index (Phi) is 11.0. The van der Waals surface area contributed by atoms with Gasteiger partial charge in [0.25, 0.3) is 0 Å². The van der Waals surface area contributed by atoms with E-state index >= 15 is 0 Å². The lowest BCUT2D eigenvalue weighted by molar-refractivity contribution is -0.137. The fourth-order valence-corrected chi connectivity index (χ4v) is 3.96. The van der Waals surface area contributed by atoms with Crippen molar-refractivity contribution in [3.05, 3.63) is 100 Å². The normalized spacial score (nSPS) is 11.9. The Hall–Kier alpha value is -3.74. The molecule has 3 aromatic rings. The maximum Gasteiger partial charge on any atom is 0.416 e. The molecule has 0 aromatic heterocycles. The minimum atomic E-state index is -4.41. The van der Waals surface area contributed by atoms with Crippen LogP contribution in [0.5, 0.6) is 11.5 Å². The van der Waals surface area contributed by atoms with E-state index in [-0.39, 0.29) is 12.2 Å². The number of rotatable bonds is 14. The highest BCUT2D eigenvalue weighted by Gasteiger charge is 2.29. The molecule has 4 nitrogen and oxygen atoms in total. The van der Waals surface area contributed by atoms with E-state index in [4.69, 9.17) is 9.47 Å². The minimum absolute atomic E-state index is 0.0287. The van der Waals surface area contributed by atoms with Crippen molar-refractivity contribution in [3.63, 3.8) is 0 Å². The van der Waals surface area contributed by atoms with Crippen molar-refractivity contribution in [2.45, 2.75) is 71.8 Å². The van der Waals surface area contributed by atoms with Gasteiger partial charge in [0.2, 0.25) is 0 Å². The Balaban J connectivity index is 1.79. The van der Waals surface area contributed by atoms with Crippen LogP contribution in [-0.4, -0.2) is 11.1 Å². The number of hydrogen-bond acceptors (Lipinski definition) is 3. The number of carbonyl (C=O) groups is 1. The van der Waals surface area contributed by atoms with Gasteiger partial charge in [-0.25, -0.2) is 4.79 Å². The number of benzene rings is 3. The molecule has 0 fully saturated rings. The smallest absolute Gasteiger partial charge is 0.416 e. The number of aliphatic carboxylic acids is 1. The summed E-state index contributed by atoms with van der Waals surface area (Å²) in [7, 11) is 0. The first-order chi connectivity index (χ1) is 18.7. The molecular formula is C32H35F3O4. The van der Waals surface area contributed by atoms with Gasteiger partial charge in [0.05, 0.1) is 5.56 Å². The highest BCUT2D eigenvalue weighted by molar-refractivity contribution is 5.92. The average molecular weight is 541 g/mol. The van der Waals surface area contributed by atoms with E-state index in [1.165, 1.54) is 17.7 Å². The molecule has 0 spiro atoms. The zero-order valence-corrected chi connectivity index (χ0v) is 22.4. The number of halogens is 3. The summed E-state index contributed by atoms with van der Waals surface area (Å²) in [4.78, 5) is 11.9. The van der Waals surface area contributed by atoms with E-state index < -0.39 is 17.7 Å². The lowest BCUT2D eigenvalue weighted by Gasteiger charge is -2.14. The molecule has 0 aliphatic rings. The first kappa shape index (κ1) is 29.8. The van der Waals surface area contributed by atoms with Gasteiger partial charge in [-0.3, -0.25) is 0 Å². The summed E-state index contributed by atoms with van der Waals surface area (Å²) in [5.74, 6) is -0.0391. The molecule has 0 amide bonds. The molecular weight excluding hydrogens is 505 g/mol. The second-order valence-corrected chi connectivity index (χ2v) is 9.47. The van der Waals surface area contributed by atoms with Crippen molar-refractivity contribution in [3.8, 4) is 11.5 Å². The molecule has 7 heteroatoms. The van der Waals surface area contributed by atoms with E-state index in [2.05, 4.69) is 19.1 Å². The van der Waals surface area contributed by atoms with Gasteiger partial charge in [-0.1, -0.05) is 63.1 Å². The number of alkyl halides is 3. The van der Waals surface area contributed by atoms with Gasteiger partial charge >= 0.3 is 12.1 Å². The molecule has 208 valence electrons. The molecule has 0 saturated carbocycles. The molecule has 3 aromatic carbocycles. The van der Waals surface area contributed by atoms with Crippen molar-refractivity contribution in [2.75, 3.05) is 0 Å². The fourth-order valence-electron chi connectivity index (χ4n) is 3.96. The van der Waals surface area contributed by atoms with Crippen LogP contribution in [0, 0.1) is 0 Å². The summed E-state index contributed by atoms with van der Waals surface area (Å²) < 4.78 is 50.5. The maximum atomic E-state index is 12.9. The summed E-state index contributed by atoms with van der Waals surface area (Å²) in [6.45, 7) is 4.54. The molecule has 0 aliphatic heterocycles. The quantitative estimate of drug-likeness (QED) is 0.208. The van der Waals surface area contributed by atoms with Crippen LogP contribution in [0.4, 0.5) is 13.2 Å². The van der Waals surface area contributed by atoms with Gasteiger partial charge in [0.1, 0.15) is 24.7 Å². The Morgan fingerprint density at radius 3 is 2.00 bits per heavy atom. The number of aryl methyl sites for hydroxylation is 1. The van der Waals surface area contributed by atoms with E-state index in [1.807, 2.05) is 19.1 Å². The second kappa shape index (κ2) is 14.4. The van der Waals surface area contributed by atoms with Crippen molar-refractivity contribution < 1.29 is 32.5 Å². The van der Waals surface area contributed by atoms with Crippen LogP contribution in [0.1, 0.15) is 73.8 Å². The summed E-state index contributed by atoms with van der Waals surface area (Å²) in [5.41, 5.74) is 2.91. The predicted molar refractivity (Wildman–Crippen MR) is 147 cm³/mol. The van der Waals surface area contributed by atoms with Crippen LogP contribution in [0.2, 0.25) is 0 Å². The summed E-state index contributed by atoms with van der Waals surface area (Å²) in [6, 6.07) is 18.2. The zero-order valence-electron chi connectivity index (χ0n) is 22.4. The molecule has 0 aliphatic carbocycles. The monoisotopic (exact) mass is 540 g/mol. The van der Waals surface area contributed by atoms with E-state index in [0.29, 0.717) is 35.7 Å². The Morgan fingerprint density at radius 2 is 1.41 bits per heavy atom. The molecule has 0 atom stereocenters. The van der Waals surface area contributed by atoms with Crippen molar-refractivity contribution in [2.24, 2.45) is 0 Å². The van der Waals surface area contributed by atoms with Gasteiger partial charge in [-0.15, -0.1) is 0 Å². The second-order valence-electron chi connectivity index (χ2n) is 9.47. The van der Waals surface area contributed by atoms with Gasteiger partial charge in [0.15, 0.2) is 0 Å². The van der Waals surface area contributed by atoms with Gasteiger partial charge in [0, 0.05) is 11.1 Å². The Bertz CT molecular complexity index is 1230. The highest BCUT2D eigenvalue weighted by atomic mass is 19.4. The first-order valence-electron chi connectivity index (χ1n) is 13.3. The topological polar surface area (TPSA) is 55.8 Å². The van der Waals surface area contributed by atoms with Crippen LogP contribution in [0.25, 0.3) is 6.08 Å². The predicted octanol–water partition coefficient (Wildman–Crippen LogP) is 8.86. The van der Waals surface area contributed by atoms with Crippen LogP contribution in [0.3, 0.4) is 0 Å². The third kappa shape index (κ3) is 9.50. The molecule has 3 rings (SSSR count). The molecule has 0 unspecified atom stereocenters. The summed E-state index contributed by atoms with van der Waals surface area (Å²) in [5, 5.41) is 9.72. The molecule has 0 saturated heterocycles. The number of carboxylic acids is 1. The van der Waals surface area contributed by atoms with Gasteiger partial charge < -0.3 is 14.6 Å². The standard InChI is InChI=1S/C32H35F3O4/c1-3-5-7-23-9-11-24(12-10-23)21-38-29-17-18-30(27(20-29)19-26(31(36)37)8-6-4-2)39-22-25-13-15-28(16-14-25)32(33,34)35/h9-20H,3-8,21-22H2,1-2H3,(H,36,37)/b26-19+. The largest absolute Gasteiger partial charge is 0.489 e. The fraction of sp³-hybridized carbons (Fsp3) is 0.344. The van der Waals surface area contributed by atoms with Gasteiger partial charge in [-0.2, -0.15) is 13.2 Å². The van der Waals surface area contributed by atoms with Crippen molar-refractivity contribution in [1.29, 1.82) is 0 Å². The van der Waals surface area contributed by atoms with Crippen molar-refractivity contribution in [1.82, 2.24) is 0 Å². The summed E-state index contributed by atoms with van der Waals surface area (Å²) >= 11 is 0. The lowest BCUT2D eigenvalue weighted by atomic mass is 10.0. The molecule has 1 N–H and O–H groups in total. The molecule has 39 heavy (non-hydrogen) atoms. The Labute approximate surface area is 228 Å². The number of ether oxygens (including phenoxy) is 2. The average Bonchev–Trinajstić information content (AvgIpc) is 2.92. The number of carboxylic acid groups (broad SMARTS) is 1. The van der Waals surface area contributed by atoms with Gasteiger partial charge in [-0.05, 0) is 78.8 Å². The Morgan fingerprint density at radius 1 is 0.821 bits per heavy atom. The molecule has 0 bridgehead atoms. The third-order valence-corrected chi connectivity index (χ3v) is 6.31. The van der Waals surface area contributed by atoms with Crippen molar-refractivity contribution >= 4 is 12.0 Å². The van der Waals surface area contributed by atoms with Crippen LogP contribution in [-0.2, 0) is 30.6 Å². The third-order valence-electron chi connectivity index (χ3n) is 6.31. The number of unbranched alkanes of at least 4 members (excludes halogenated alkanes) is 2. The SMILES string of the molecule is CCCC/C(=C\c1cc(OCc2ccc(CCCC)cc2)ccc1OCc1ccc(C(F)(F)F)cc1)C(=O)O. The first-order valence-corrected chi connectivity index (χ1v) is 13.3. The molecule has 0 radical (unpaired) electrons.